The van der Waals surface area contributed by atoms with Gasteiger partial charge < -0.3 is 15.4 Å². The summed E-state index contributed by atoms with van der Waals surface area (Å²) in [6.45, 7) is 0. The number of pyridine rings is 1. The highest BCUT2D eigenvalue weighted by molar-refractivity contribution is 6.08. The normalized spacial score (nSPS) is 12.0. The fourth-order valence-electron chi connectivity index (χ4n) is 3.28. The van der Waals surface area contributed by atoms with E-state index in [9.17, 15) is 19.5 Å². The predicted octanol–water partition coefficient (Wildman–Crippen LogP) is 3.24. The third-order valence-electron chi connectivity index (χ3n) is 4.65. The zero-order chi connectivity index (χ0) is 19.7. The van der Waals surface area contributed by atoms with E-state index in [-0.39, 0.29) is 11.1 Å². The lowest BCUT2D eigenvalue weighted by Crippen LogP contribution is -2.33. The van der Waals surface area contributed by atoms with Crippen molar-refractivity contribution in [1.82, 2.24) is 10.3 Å². The second kappa shape index (κ2) is 7.00. The summed E-state index contributed by atoms with van der Waals surface area (Å²) in [5.74, 6) is -1.69. The number of rotatable bonds is 4. The number of fused-ring (bicyclic) bond motifs is 3. The molecule has 4 rings (SSSR count). The quantitative estimate of drug-likeness (QED) is 0.479. The zero-order valence-electron chi connectivity index (χ0n) is 14.7. The summed E-state index contributed by atoms with van der Waals surface area (Å²) in [6.07, 6.45) is 0. The van der Waals surface area contributed by atoms with Crippen molar-refractivity contribution in [3.63, 3.8) is 0 Å². The number of carboxylic acid groups (broad SMARTS) is 1. The van der Waals surface area contributed by atoms with Crippen LogP contribution in [-0.4, -0.2) is 22.0 Å². The van der Waals surface area contributed by atoms with Crippen molar-refractivity contribution in [3.05, 3.63) is 94.3 Å². The van der Waals surface area contributed by atoms with Crippen LogP contribution >= 0.6 is 0 Å². The van der Waals surface area contributed by atoms with E-state index in [1.54, 1.807) is 60.7 Å². The Morgan fingerprint density at radius 1 is 0.857 bits per heavy atom. The van der Waals surface area contributed by atoms with Gasteiger partial charge in [-0.25, -0.2) is 4.79 Å². The van der Waals surface area contributed by atoms with E-state index in [0.717, 1.165) is 10.8 Å². The highest BCUT2D eigenvalue weighted by Crippen LogP contribution is 2.22. The third-order valence-corrected chi connectivity index (χ3v) is 4.65. The minimum absolute atomic E-state index is 0.242. The summed E-state index contributed by atoms with van der Waals surface area (Å²) in [7, 11) is 0. The van der Waals surface area contributed by atoms with Crippen LogP contribution in [0.15, 0.2) is 77.6 Å². The number of aliphatic carboxylic acids is 1. The smallest absolute Gasteiger partial charge is 0.330 e. The Morgan fingerprint density at radius 3 is 2.25 bits per heavy atom. The van der Waals surface area contributed by atoms with E-state index in [4.69, 9.17) is 0 Å². The van der Waals surface area contributed by atoms with Crippen molar-refractivity contribution in [3.8, 4) is 0 Å². The van der Waals surface area contributed by atoms with Crippen LogP contribution in [0.1, 0.15) is 22.0 Å². The fraction of sp³-hybridized carbons (Fsp3) is 0.0455. The molecule has 6 heteroatoms. The summed E-state index contributed by atoms with van der Waals surface area (Å²) >= 11 is 0. The van der Waals surface area contributed by atoms with Crippen LogP contribution < -0.4 is 10.9 Å². The third kappa shape index (κ3) is 3.12. The van der Waals surface area contributed by atoms with Gasteiger partial charge in [0, 0.05) is 21.9 Å². The first-order chi connectivity index (χ1) is 13.5. The number of amides is 1. The van der Waals surface area contributed by atoms with Gasteiger partial charge in [-0.1, -0.05) is 54.6 Å². The van der Waals surface area contributed by atoms with Crippen molar-refractivity contribution in [2.75, 3.05) is 0 Å². The van der Waals surface area contributed by atoms with Crippen molar-refractivity contribution in [1.29, 1.82) is 0 Å². The summed E-state index contributed by atoms with van der Waals surface area (Å²) in [5.41, 5.74) is 1.01. The van der Waals surface area contributed by atoms with Gasteiger partial charge in [-0.05, 0) is 29.1 Å². The molecule has 1 heterocycles. The maximum absolute atomic E-state index is 12.7. The van der Waals surface area contributed by atoms with Gasteiger partial charge in [-0.3, -0.25) is 9.59 Å². The van der Waals surface area contributed by atoms with Crippen LogP contribution in [0.3, 0.4) is 0 Å². The molecule has 0 aliphatic rings. The number of H-pyrrole nitrogens is 1. The molecule has 0 saturated heterocycles. The van der Waals surface area contributed by atoms with Crippen LogP contribution in [0.4, 0.5) is 0 Å². The van der Waals surface area contributed by atoms with Crippen LogP contribution in [0.2, 0.25) is 0 Å². The SMILES string of the molecule is O=C(N[C@H](C(=O)O)c1ccccc1)c1ccc2c(c1)[nH]c(=O)c1ccccc12. The summed E-state index contributed by atoms with van der Waals surface area (Å²) in [4.78, 5) is 39.3. The molecule has 1 aromatic heterocycles. The van der Waals surface area contributed by atoms with E-state index in [0.29, 0.717) is 16.5 Å². The van der Waals surface area contributed by atoms with Gasteiger partial charge in [-0.2, -0.15) is 0 Å². The first-order valence-electron chi connectivity index (χ1n) is 8.68. The molecule has 0 aliphatic heterocycles. The van der Waals surface area contributed by atoms with Crippen LogP contribution in [-0.2, 0) is 4.79 Å². The van der Waals surface area contributed by atoms with E-state index in [1.807, 2.05) is 12.1 Å². The molecular formula is C22H16N2O4. The predicted molar refractivity (Wildman–Crippen MR) is 106 cm³/mol. The van der Waals surface area contributed by atoms with Crippen molar-refractivity contribution in [2.45, 2.75) is 6.04 Å². The summed E-state index contributed by atoms with van der Waals surface area (Å²) in [5, 5.41) is 14.2. The molecule has 4 aromatic rings. The maximum atomic E-state index is 12.7. The first kappa shape index (κ1) is 17.5. The van der Waals surface area contributed by atoms with Crippen LogP contribution in [0.5, 0.6) is 0 Å². The topological polar surface area (TPSA) is 99.3 Å². The Labute approximate surface area is 159 Å². The number of carbonyl (C=O) groups excluding carboxylic acids is 1. The molecule has 3 N–H and O–H groups in total. The number of nitrogens with one attached hydrogen (secondary N) is 2. The average Bonchev–Trinajstić information content (AvgIpc) is 2.72. The first-order valence-corrected chi connectivity index (χ1v) is 8.68. The number of carboxylic acids is 1. The lowest BCUT2D eigenvalue weighted by atomic mass is 10.0. The minimum atomic E-state index is -1.17. The molecule has 1 amide bonds. The molecule has 1 atom stereocenters. The van der Waals surface area contributed by atoms with E-state index < -0.39 is 17.9 Å². The molecule has 0 aliphatic carbocycles. The molecule has 0 fully saturated rings. The van der Waals surface area contributed by atoms with Crippen LogP contribution in [0, 0.1) is 0 Å². The average molecular weight is 372 g/mol. The van der Waals surface area contributed by atoms with Gasteiger partial charge in [0.2, 0.25) is 0 Å². The monoisotopic (exact) mass is 372 g/mol. The summed E-state index contributed by atoms with van der Waals surface area (Å²) < 4.78 is 0. The molecule has 0 spiro atoms. The van der Waals surface area contributed by atoms with E-state index >= 15 is 0 Å². The lowest BCUT2D eigenvalue weighted by Gasteiger charge is -2.15. The van der Waals surface area contributed by atoms with Crippen molar-refractivity contribution in [2.24, 2.45) is 0 Å². The molecule has 6 nitrogen and oxygen atoms in total. The Kier molecular flexibility index (Phi) is 4.37. The standard InChI is InChI=1S/C22H16N2O4/c25-20(24-19(22(27)28)13-6-2-1-3-7-13)14-10-11-16-15-8-4-5-9-17(15)21(26)23-18(16)12-14/h1-12,19H,(H,23,26)(H,24,25)(H,27,28)/t19-/m0/s1. The fourth-order valence-corrected chi connectivity index (χ4v) is 3.28. The Balaban J connectivity index is 1.72. The molecule has 0 bridgehead atoms. The van der Waals surface area contributed by atoms with Gasteiger partial charge in [0.25, 0.3) is 11.5 Å². The lowest BCUT2D eigenvalue weighted by molar-refractivity contribution is -0.139. The van der Waals surface area contributed by atoms with Gasteiger partial charge in [-0.15, -0.1) is 0 Å². The van der Waals surface area contributed by atoms with Gasteiger partial charge >= 0.3 is 5.97 Å². The number of carbonyl (C=O) groups is 2. The minimum Gasteiger partial charge on any atom is -0.479 e. The molecule has 3 aromatic carbocycles. The van der Waals surface area contributed by atoms with Gasteiger partial charge in [0.05, 0.1) is 0 Å². The molecule has 0 radical (unpaired) electrons. The van der Waals surface area contributed by atoms with Gasteiger partial charge in [0.1, 0.15) is 0 Å². The van der Waals surface area contributed by atoms with Crippen LogP contribution in [0.25, 0.3) is 21.7 Å². The second-order valence-electron chi connectivity index (χ2n) is 6.42. The van der Waals surface area contributed by atoms with Crippen molar-refractivity contribution < 1.29 is 14.7 Å². The van der Waals surface area contributed by atoms with E-state index in [1.165, 1.54) is 0 Å². The largest absolute Gasteiger partial charge is 0.479 e. The Morgan fingerprint density at radius 2 is 1.54 bits per heavy atom. The van der Waals surface area contributed by atoms with E-state index in [2.05, 4.69) is 10.3 Å². The number of hydrogen-bond donors (Lipinski definition) is 3. The molecule has 0 unspecified atom stereocenters. The number of aromatic amines is 1. The maximum Gasteiger partial charge on any atom is 0.330 e. The second-order valence-corrected chi connectivity index (χ2v) is 6.42. The number of aromatic nitrogens is 1. The zero-order valence-corrected chi connectivity index (χ0v) is 14.7. The highest BCUT2D eigenvalue weighted by Gasteiger charge is 2.22. The summed E-state index contributed by atoms with van der Waals surface area (Å²) in [6, 6.07) is 19.5. The van der Waals surface area contributed by atoms with Gasteiger partial charge in [0.15, 0.2) is 6.04 Å². The van der Waals surface area contributed by atoms with Crippen molar-refractivity contribution >= 4 is 33.6 Å². The highest BCUT2D eigenvalue weighted by atomic mass is 16.4. The Bertz CT molecular complexity index is 1260. The molecule has 0 saturated carbocycles. The number of hydrogen-bond acceptors (Lipinski definition) is 3. The Hall–Kier alpha value is -3.93. The molecule has 28 heavy (non-hydrogen) atoms. The molecule has 138 valence electrons. The number of benzene rings is 3. The molecular weight excluding hydrogens is 356 g/mol.